The molecule has 3 rings (SSSR count). The average Bonchev–Trinajstić information content (AvgIpc) is 2.76. The first-order valence-corrected chi connectivity index (χ1v) is 10.8. The van der Waals surface area contributed by atoms with E-state index in [1.807, 2.05) is 0 Å². The second kappa shape index (κ2) is 10.8. The van der Waals surface area contributed by atoms with E-state index in [0.29, 0.717) is 25.1 Å². The van der Waals surface area contributed by atoms with Gasteiger partial charge >= 0.3 is 6.18 Å². The molecular formula is C20H32F3N7. The van der Waals surface area contributed by atoms with Gasteiger partial charge in [0.1, 0.15) is 5.69 Å². The molecule has 1 saturated carbocycles. The molecule has 2 aliphatic rings. The zero-order chi connectivity index (χ0) is 21.4. The Morgan fingerprint density at radius 3 is 2.70 bits per heavy atom. The Bertz CT molecular complexity index is 689. The molecule has 0 amide bonds. The third kappa shape index (κ3) is 6.72. The lowest BCUT2D eigenvalue weighted by molar-refractivity contribution is -0.141. The van der Waals surface area contributed by atoms with Crippen molar-refractivity contribution in [3.05, 3.63) is 18.0 Å². The van der Waals surface area contributed by atoms with Crippen LogP contribution >= 0.6 is 0 Å². The van der Waals surface area contributed by atoms with E-state index in [9.17, 15) is 13.2 Å². The Morgan fingerprint density at radius 2 is 1.97 bits per heavy atom. The molecule has 1 unspecified atom stereocenters. The molecule has 0 bridgehead atoms. The van der Waals surface area contributed by atoms with Crippen molar-refractivity contribution in [3.63, 3.8) is 0 Å². The summed E-state index contributed by atoms with van der Waals surface area (Å²) in [5, 5.41) is 9.51. The minimum atomic E-state index is -4.48. The summed E-state index contributed by atoms with van der Waals surface area (Å²) in [7, 11) is 1.72. The maximum absolute atomic E-state index is 12.7. The third-order valence-corrected chi connectivity index (χ3v) is 5.75. The molecule has 1 aromatic rings. The molecule has 0 spiro atoms. The van der Waals surface area contributed by atoms with Crippen LogP contribution in [0.25, 0.3) is 0 Å². The summed E-state index contributed by atoms with van der Waals surface area (Å²) in [5.74, 6) is 0.669. The molecule has 2 heterocycles. The van der Waals surface area contributed by atoms with Gasteiger partial charge in [-0.2, -0.15) is 13.2 Å². The summed E-state index contributed by atoms with van der Waals surface area (Å²) in [4.78, 5) is 14.2. The smallest absolute Gasteiger partial charge is 0.355 e. The predicted molar refractivity (Wildman–Crippen MR) is 111 cm³/mol. The topological polar surface area (TPSA) is 77.5 Å². The Balaban J connectivity index is 1.40. The Hall–Kier alpha value is -2.10. The van der Waals surface area contributed by atoms with Crippen molar-refractivity contribution in [1.29, 1.82) is 0 Å². The van der Waals surface area contributed by atoms with Crippen LogP contribution < -0.4 is 16.0 Å². The first-order chi connectivity index (χ1) is 14.5. The van der Waals surface area contributed by atoms with Crippen molar-refractivity contribution >= 4 is 11.9 Å². The molecule has 1 saturated heterocycles. The van der Waals surface area contributed by atoms with Crippen LogP contribution in [0.4, 0.5) is 19.1 Å². The summed E-state index contributed by atoms with van der Waals surface area (Å²) in [6.45, 7) is 3.07. The summed E-state index contributed by atoms with van der Waals surface area (Å²) in [6, 6.07) is 1.93. The molecule has 10 heteroatoms. The molecule has 30 heavy (non-hydrogen) atoms. The first kappa shape index (κ1) is 22.6. The largest absolute Gasteiger partial charge is 0.433 e. The number of likely N-dealkylation sites (tertiary alicyclic amines) is 1. The highest BCUT2D eigenvalue weighted by Gasteiger charge is 2.32. The van der Waals surface area contributed by atoms with E-state index in [4.69, 9.17) is 0 Å². The average molecular weight is 428 g/mol. The highest BCUT2D eigenvalue weighted by Crippen LogP contribution is 2.27. The van der Waals surface area contributed by atoms with E-state index in [1.54, 1.807) is 7.05 Å². The monoisotopic (exact) mass is 427 g/mol. The van der Waals surface area contributed by atoms with Gasteiger partial charge in [-0.25, -0.2) is 9.97 Å². The quantitative estimate of drug-likeness (QED) is 0.368. The van der Waals surface area contributed by atoms with Gasteiger partial charge in [0, 0.05) is 45.0 Å². The zero-order valence-corrected chi connectivity index (χ0v) is 17.5. The number of aliphatic imine (C=N–C) groups is 1. The van der Waals surface area contributed by atoms with Crippen molar-refractivity contribution in [2.45, 2.75) is 63.2 Å². The molecule has 1 aromatic heterocycles. The molecule has 7 nitrogen and oxygen atoms in total. The summed E-state index contributed by atoms with van der Waals surface area (Å²) >= 11 is 0. The third-order valence-electron chi connectivity index (χ3n) is 5.75. The van der Waals surface area contributed by atoms with Gasteiger partial charge in [0.25, 0.3) is 0 Å². The van der Waals surface area contributed by atoms with Crippen LogP contribution in [0, 0.1) is 0 Å². The molecule has 1 aliphatic heterocycles. The number of hydrogen-bond acceptors (Lipinski definition) is 5. The maximum atomic E-state index is 12.7. The van der Waals surface area contributed by atoms with E-state index in [2.05, 4.69) is 35.8 Å². The molecule has 3 N–H and O–H groups in total. The lowest BCUT2D eigenvalue weighted by atomic mass is 9.92. The van der Waals surface area contributed by atoms with Gasteiger partial charge in [0.15, 0.2) is 5.96 Å². The number of piperidine rings is 1. The van der Waals surface area contributed by atoms with Gasteiger partial charge in [-0.1, -0.05) is 19.3 Å². The van der Waals surface area contributed by atoms with Gasteiger partial charge in [0.2, 0.25) is 5.95 Å². The second-order valence-corrected chi connectivity index (χ2v) is 7.96. The van der Waals surface area contributed by atoms with Crippen LogP contribution in [0.15, 0.2) is 17.3 Å². The molecule has 1 aliphatic carbocycles. The minimum absolute atomic E-state index is 0.0371. The van der Waals surface area contributed by atoms with Crippen molar-refractivity contribution in [2.24, 2.45) is 4.99 Å². The zero-order valence-electron chi connectivity index (χ0n) is 17.5. The molecule has 1 atom stereocenters. The fourth-order valence-electron chi connectivity index (χ4n) is 4.25. The number of alkyl halides is 3. The standard InChI is InChI=1S/C20H32F3N7/c1-24-18(26-11-12-27-19-25-10-9-17(29-19)20(21,22)23)28-15-6-5-13-30(14-15)16-7-3-2-4-8-16/h9-10,15-16H,2-8,11-14H2,1H3,(H2,24,26,28)(H,25,27,29). The predicted octanol–water partition coefficient (Wildman–Crippen LogP) is 2.87. The Morgan fingerprint density at radius 1 is 1.17 bits per heavy atom. The number of rotatable bonds is 6. The number of hydrogen-bond donors (Lipinski definition) is 3. The van der Waals surface area contributed by atoms with E-state index >= 15 is 0 Å². The van der Waals surface area contributed by atoms with Gasteiger partial charge < -0.3 is 16.0 Å². The maximum Gasteiger partial charge on any atom is 0.433 e. The summed E-state index contributed by atoms with van der Waals surface area (Å²) < 4.78 is 38.2. The molecule has 0 aromatic carbocycles. The van der Waals surface area contributed by atoms with E-state index in [-0.39, 0.29) is 5.95 Å². The van der Waals surface area contributed by atoms with E-state index in [0.717, 1.165) is 31.3 Å². The van der Waals surface area contributed by atoms with Crippen molar-refractivity contribution < 1.29 is 13.2 Å². The lowest BCUT2D eigenvalue weighted by Gasteiger charge is -2.40. The SMILES string of the molecule is CN=C(NCCNc1nccc(C(F)(F)F)n1)NC1CCCN(C2CCCCC2)C1. The number of anilines is 1. The van der Waals surface area contributed by atoms with Crippen LogP contribution in [-0.2, 0) is 6.18 Å². The number of nitrogens with zero attached hydrogens (tertiary/aromatic N) is 4. The molecular weight excluding hydrogens is 395 g/mol. The minimum Gasteiger partial charge on any atom is -0.355 e. The van der Waals surface area contributed by atoms with Crippen LogP contribution in [-0.4, -0.2) is 66.1 Å². The molecule has 168 valence electrons. The molecule has 2 fully saturated rings. The second-order valence-electron chi connectivity index (χ2n) is 7.96. The van der Waals surface area contributed by atoms with Gasteiger partial charge in [-0.05, 0) is 38.3 Å². The van der Waals surface area contributed by atoms with Crippen LogP contribution in [0.1, 0.15) is 50.6 Å². The fraction of sp³-hybridized carbons (Fsp3) is 0.750. The van der Waals surface area contributed by atoms with Crippen molar-refractivity contribution in [1.82, 2.24) is 25.5 Å². The summed E-state index contributed by atoms with van der Waals surface area (Å²) in [5.41, 5.74) is -0.953. The number of nitrogens with one attached hydrogen (secondary N) is 3. The van der Waals surface area contributed by atoms with Crippen LogP contribution in [0.5, 0.6) is 0 Å². The van der Waals surface area contributed by atoms with E-state index in [1.165, 1.54) is 45.1 Å². The highest BCUT2D eigenvalue weighted by molar-refractivity contribution is 5.80. The first-order valence-electron chi connectivity index (χ1n) is 10.8. The number of aromatic nitrogens is 2. The summed E-state index contributed by atoms with van der Waals surface area (Å²) in [6.07, 6.45) is 5.58. The number of guanidine groups is 1. The lowest BCUT2D eigenvalue weighted by Crippen LogP contribution is -2.54. The van der Waals surface area contributed by atoms with Crippen LogP contribution in [0.3, 0.4) is 0 Å². The van der Waals surface area contributed by atoms with Crippen LogP contribution in [0.2, 0.25) is 0 Å². The normalized spacial score (nSPS) is 22.0. The van der Waals surface area contributed by atoms with Gasteiger partial charge in [-0.3, -0.25) is 9.89 Å². The molecule has 0 radical (unpaired) electrons. The van der Waals surface area contributed by atoms with Gasteiger partial charge in [-0.15, -0.1) is 0 Å². The number of halogens is 3. The van der Waals surface area contributed by atoms with Crippen molar-refractivity contribution in [2.75, 3.05) is 38.5 Å². The van der Waals surface area contributed by atoms with Gasteiger partial charge in [0.05, 0.1) is 0 Å². The highest BCUT2D eigenvalue weighted by atomic mass is 19.4. The Labute approximate surface area is 175 Å². The van der Waals surface area contributed by atoms with E-state index < -0.39 is 11.9 Å². The van der Waals surface area contributed by atoms with Crippen molar-refractivity contribution in [3.8, 4) is 0 Å². The Kier molecular flexibility index (Phi) is 8.12. The fourth-order valence-corrected chi connectivity index (χ4v) is 4.25.